The van der Waals surface area contributed by atoms with Crippen molar-refractivity contribution in [3.63, 3.8) is 0 Å². The molecule has 1 aromatic heterocycles. The monoisotopic (exact) mass is 241 g/mol. The quantitative estimate of drug-likeness (QED) is 0.788. The third kappa shape index (κ3) is 5.30. The SMILES string of the molecule is CC(C)(C)OC(=O)NCc1cn(CCN)nn1. The first-order valence-electron chi connectivity index (χ1n) is 5.46. The first-order chi connectivity index (χ1) is 7.90. The Labute approximate surface area is 100 Å². The zero-order valence-corrected chi connectivity index (χ0v) is 10.4. The second-order valence-corrected chi connectivity index (χ2v) is 4.62. The summed E-state index contributed by atoms with van der Waals surface area (Å²) in [5.41, 5.74) is 5.55. The number of hydrogen-bond donors (Lipinski definition) is 2. The van der Waals surface area contributed by atoms with Crippen molar-refractivity contribution in [1.29, 1.82) is 0 Å². The highest BCUT2D eigenvalue weighted by molar-refractivity contribution is 5.67. The van der Waals surface area contributed by atoms with Crippen LogP contribution in [0, 0.1) is 0 Å². The van der Waals surface area contributed by atoms with E-state index in [0.717, 1.165) is 0 Å². The molecule has 1 rings (SSSR count). The third-order valence-corrected chi connectivity index (χ3v) is 1.76. The minimum absolute atomic E-state index is 0.291. The Hall–Kier alpha value is -1.63. The van der Waals surface area contributed by atoms with Gasteiger partial charge < -0.3 is 15.8 Å². The van der Waals surface area contributed by atoms with Crippen LogP contribution in [0.5, 0.6) is 0 Å². The van der Waals surface area contributed by atoms with Crippen LogP contribution in [0.2, 0.25) is 0 Å². The summed E-state index contributed by atoms with van der Waals surface area (Å²) in [5, 5.41) is 10.3. The number of rotatable bonds is 4. The van der Waals surface area contributed by atoms with Crippen LogP contribution in [-0.4, -0.2) is 33.2 Å². The lowest BCUT2D eigenvalue weighted by atomic mass is 10.2. The molecule has 17 heavy (non-hydrogen) atoms. The van der Waals surface area contributed by atoms with Gasteiger partial charge in [0.25, 0.3) is 0 Å². The lowest BCUT2D eigenvalue weighted by Gasteiger charge is -2.19. The summed E-state index contributed by atoms with van der Waals surface area (Å²) in [4.78, 5) is 11.4. The Morgan fingerprint density at radius 1 is 1.59 bits per heavy atom. The van der Waals surface area contributed by atoms with Crippen LogP contribution in [0.25, 0.3) is 0 Å². The van der Waals surface area contributed by atoms with Gasteiger partial charge in [-0.2, -0.15) is 0 Å². The molecule has 1 amide bonds. The number of amides is 1. The number of nitrogens with two attached hydrogens (primary N) is 1. The predicted octanol–water partition coefficient (Wildman–Crippen LogP) is 0.262. The Bertz CT molecular complexity index is 369. The first kappa shape index (κ1) is 13.4. The van der Waals surface area contributed by atoms with Gasteiger partial charge in [0.1, 0.15) is 11.3 Å². The molecule has 0 aliphatic heterocycles. The molecule has 0 bridgehead atoms. The van der Waals surface area contributed by atoms with E-state index in [1.807, 2.05) is 20.8 Å². The second kappa shape index (κ2) is 5.62. The van der Waals surface area contributed by atoms with Crippen LogP contribution in [0.15, 0.2) is 6.20 Å². The van der Waals surface area contributed by atoms with Crippen LogP contribution in [-0.2, 0) is 17.8 Å². The van der Waals surface area contributed by atoms with E-state index in [2.05, 4.69) is 15.6 Å². The van der Waals surface area contributed by atoms with Crippen molar-refractivity contribution in [3.8, 4) is 0 Å². The Morgan fingerprint density at radius 2 is 2.29 bits per heavy atom. The van der Waals surface area contributed by atoms with E-state index in [1.165, 1.54) is 0 Å². The van der Waals surface area contributed by atoms with E-state index in [0.29, 0.717) is 25.3 Å². The predicted molar refractivity (Wildman–Crippen MR) is 62.2 cm³/mol. The van der Waals surface area contributed by atoms with E-state index in [9.17, 15) is 4.79 Å². The number of aromatic nitrogens is 3. The lowest BCUT2D eigenvalue weighted by molar-refractivity contribution is 0.0523. The molecule has 0 unspecified atom stereocenters. The highest BCUT2D eigenvalue weighted by atomic mass is 16.6. The van der Waals surface area contributed by atoms with Crippen molar-refractivity contribution < 1.29 is 9.53 Å². The molecule has 96 valence electrons. The van der Waals surface area contributed by atoms with Crippen LogP contribution >= 0.6 is 0 Å². The maximum Gasteiger partial charge on any atom is 0.407 e. The van der Waals surface area contributed by atoms with Gasteiger partial charge in [-0.15, -0.1) is 5.10 Å². The molecule has 0 fully saturated rings. The summed E-state index contributed by atoms with van der Waals surface area (Å²) >= 11 is 0. The molecule has 0 aliphatic carbocycles. The molecule has 0 spiro atoms. The molecule has 1 aromatic rings. The summed E-state index contributed by atoms with van der Waals surface area (Å²) in [6.07, 6.45) is 1.27. The minimum Gasteiger partial charge on any atom is -0.444 e. The van der Waals surface area contributed by atoms with Crippen molar-refractivity contribution in [3.05, 3.63) is 11.9 Å². The van der Waals surface area contributed by atoms with Gasteiger partial charge in [0.05, 0.1) is 19.3 Å². The van der Waals surface area contributed by atoms with E-state index in [4.69, 9.17) is 10.5 Å². The van der Waals surface area contributed by atoms with Gasteiger partial charge in [-0.1, -0.05) is 5.21 Å². The number of hydrogen-bond acceptors (Lipinski definition) is 5. The molecule has 0 aromatic carbocycles. The lowest BCUT2D eigenvalue weighted by Crippen LogP contribution is -2.32. The fraction of sp³-hybridized carbons (Fsp3) is 0.700. The van der Waals surface area contributed by atoms with E-state index < -0.39 is 11.7 Å². The van der Waals surface area contributed by atoms with Crippen LogP contribution < -0.4 is 11.1 Å². The molecule has 0 atom stereocenters. The summed E-state index contributed by atoms with van der Waals surface area (Å²) in [5.74, 6) is 0. The largest absolute Gasteiger partial charge is 0.444 e. The molecule has 7 heteroatoms. The van der Waals surface area contributed by atoms with Crippen molar-refractivity contribution >= 4 is 6.09 Å². The average molecular weight is 241 g/mol. The second-order valence-electron chi connectivity index (χ2n) is 4.62. The Balaban J connectivity index is 2.37. The van der Waals surface area contributed by atoms with Crippen molar-refractivity contribution in [1.82, 2.24) is 20.3 Å². The van der Waals surface area contributed by atoms with Gasteiger partial charge in [-0.3, -0.25) is 4.68 Å². The highest BCUT2D eigenvalue weighted by Crippen LogP contribution is 2.06. The number of carbonyl (C=O) groups is 1. The average Bonchev–Trinajstić information content (AvgIpc) is 2.61. The fourth-order valence-electron chi connectivity index (χ4n) is 1.14. The zero-order valence-electron chi connectivity index (χ0n) is 10.4. The molecule has 1 heterocycles. The van der Waals surface area contributed by atoms with Crippen LogP contribution in [0.4, 0.5) is 4.79 Å². The third-order valence-electron chi connectivity index (χ3n) is 1.76. The van der Waals surface area contributed by atoms with E-state index in [-0.39, 0.29) is 0 Å². The Kier molecular flexibility index (Phi) is 4.45. The summed E-state index contributed by atoms with van der Waals surface area (Å²) in [6, 6.07) is 0. The first-order valence-corrected chi connectivity index (χ1v) is 5.46. The molecule has 0 aliphatic rings. The number of alkyl carbamates (subject to hydrolysis) is 1. The van der Waals surface area contributed by atoms with E-state index >= 15 is 0 Å². The molecule has 3 N–H and O–H groups in total. The van der Waals surface area contributed by atoms with Gasteiger partial charge in [0.15, 0.2) is 0 Å². The minimum atomic E-state index is -0.499. The van der Waals surface area contributed by atoms with E-state index in [1.54, 1.807) is 10.9 Å². The molecular weight excluding hydrogens is 222 g/mol. The molecular formula is C10H19N5O2. The number of nitrogens with one attached hydrogen (secondary N) is 1. The zero-order chi connectivity index (χ0) is 12.9. The topological polar surface area (TPSA) is 95.1 Å². The van der Waals surface area contributed by atoms with Gasteiger partial charge in [0, 0.05) is 6.54 Å². The highest BCUT2D eigenvalue weighted by Gasteiger charge is 2.15. The van der Waals surface area contributed by atoms with Crippen molar-refractivity contribution in [2.45, 2.75) is 39.5 Å². The standard InChI is InChI=1S/C10H19N5O2/c1-10(2,3)17-9(16)12-6-8-7-15(5-4-11)14-13-8/h7H,4-6,11H2,1-3H3,(H,12,16). The van der Waals surface area contributed by atoms with Gasteiger partial charge in [-0.05, 0) is 20.8 Å². The summed E-state index contributed by atoms with van der Waals surface area (Å²) < 4.78 is 6.72. The van der Waals surface area contributed by atoms with Gasteiger partial charge >= 0.3 is 6.09 Å². The normalized spacial score (nSPS) is 11.3. The van der Waals surface area contributed by atoms with Crippen LogP contribution in [0.1, 0.15) is 26.5 Å². The smallest absolute Gasteiger partial charge is 0.407 e. The molecule has 0 radical (unpaired) electrons. The maximum absolute atomic E-state index is 11.4. The van der Waals surface area contributed by atoms with Gasteiger partial charge in [-0.25, -0.2) is 4.79 Å². The van der Waals surface area contributed by atoms with Crippen LogP contribution in [0.3, 0.4) is 0 Å². The maximum atomic E-state index is 11.4. The van der Waals surface area contributed by atoms with Gasteiger partial charge in [0.2, 0.25) is 0 Å². The number of carbonyl (C=O) groups excluding carboxylic acids is 1. The molecule has 0 saturated heterocycles. The number of nitrogens with zero attached hydrogens (tertiary/aromatic N) is 3. The van der Waals surface area contributed by atoms with Crippen molar-refractivity contribution in [2.75, 3.05) is 6.54 Å². The Morgan fingerprint density at radius 3 is 2.88 bits per heavy atom. The summed E-state index contributed by atoms with van der Waals surface area (Å²) in [6.45, 7) is 6.83. The molecule has 7 nitrogen and oxygen atoms in total. The van der Waals surface area contributed by atoms with Crippen molar-refractivity contribution in [2.24, 2.45) is 5.73 Å². The fourth-order valence-corrected chi connectivity index (χ4v) is 1.14. The molecule has 0 saturated carbocycles. The number of ether oxygens (including phenoxy) is 1. The summed E-state index contributed by atoms with van der Waals surface area (Å²) in [7, 11) is 0.